The summed E-state index contributed by atoms with van der Waals surface area (Å²) in [5.41, 5.74) is -0.113. The van der Waals surface area contributed by atoms with Gasteiger partial charge in [0, 0.05) is 6.54 Å². The van der Waals surface area contributed by atoms with E-state index in [2.05, 4.69) is 10.3 Å². The van der Waals surface area contributed by atoms with Gasteiger partial charge in [0.05, 0.1) is 0 Å². The first-order valence-electron chi connectivity index (χ1n) is 6.99. The lowest BCUT2D eigenvalue weighted by molar-refractivity contribution is -0.117. The molecular formula is C16H12F2N4O. The second kappa shape index (κ2) is 6.01. The zero-order valence-electron chi connectivity index (χ0n) is 12.0. The number of rotatable bonds is 3. The third kappa shape index (κ3) is 2.83. The van der Waals surface area contributed by atoms with Crippen molar-refractivity contribution in [3.8, 4) is 6.07 Å². The molecule has 116 valence electrons. The lowest BCUT2D eigenvalue weighted by atomic mass is 10.2. The van der Waals surface area contributed by atoms with Crippen molar-refractivity contribution in [3.05, 3.63) is 53.7 Å². The van der Waals surface area contributed by atoms with E-state index in [0.717, 1.165) is 17.0 Å². The zero-order chi connectivity index (χ0) is 16.4. The number of nitrogens with one attached hydrogen (secondary N) is 1. The van der Waals surface area contributed by atoms with Gasteiger partial charge in [-0.25, -0.2) is 13.8 Å². The fourth-order valence-electron chi connectivity index (χ4n) is 2.54. The van der Waals surface area contributed by atoms with Crippen LogP contribution in [0.15, 0.2) is 36.4 Å². The van der Waals surface area contributed by atoms with E-state index in [1.54, 1.807) is 18.2 Å². The smallest absolute Gasteiger partial charge is 0.249 e. The minimum absolute atomic E-state index is 0.201. The quantitative estimate of drug-likeness (QED) is 0.945. The number of halogens is 2. The van der Waals surface area contributed by atoms with Crippen LogP contribution in [-0.2, 0) is 4.79 Å². The summed E-state index contributed by atoms with van der Waals surface area (Å²) in [6.07, 6.45) is 0.380. The van der Waals surface area contributed by atoms with Crippen LogP contribution in [0.4, 0.5) is 20.3 Å². The third-order valence-corrected chi connectivity index (χ3v) is 3.60. The van der Waals surface area contributed by atoms with E-state index >= 15 is 0 Å². The van der Waals surface area contributed by atoms with Crippen LogP contribution in [0.5, 0.6) is 0 Å². The molecule has 1 unspecified atom stereocenters. The summed E-state index contributed by atoms with van der Waals surface area (Å²) in [7, 11) is 0. The number of benzene rings is 1. The number of hydrogen-bond donors (Lipinski definition) is 1. The summed E-state index contributed by atoms with van der Waals surface area (Å²) >= 11 is 0. The number of amides is 1. The molecule has 1 atom stereocenters. The zero-order valence-corrected chi connectivity index (χ0v) is 12.0. The first-order chi connectivity index (χ1) is 11.1. The molecule has 5 nitrogen and oxygen atoms in total. The van der Waals surface area contributed by atoms with Gasteiger partial charge in [-0.1, -0.05) is 12.1 Å². The molecule has 0 radical (unpaired) electrons. The van der Waals surface area contributed by atoms with Crippen molar-refractivity contribution >= 4 is 17.4 Å². The molecule has 0 saturated carbocycles. The van der Waals surface area contributed by atoms with Gasteiger partial charge in [0.1, 0.15) is 40.9 Å². The lowest BCUT2D eigenvalue weighted by Crippen LogP contribution is -2.34. The van der Waals surface area contributed by atoms with Crippen molar-refractivity contribution < 1.29 is 13.6 Å². The molecule has 1 aliphatic rings. The van der Waals surface area contributed by atoms with E-state index in [1.165, 1.54) is 6.07 Å². The highest BCUT2D eigenvalue weighted by molar-refractivity contribution is 6.01. The Bertz CT molecular complexity index is 783. The number of nitrogens with zero attached hydrogens (tertiary/aromatic N) is 3. The highest BCUT2D eigenvalue weighted by Crippen LogP contribution is 2.28. The Morgan fingerprint density at radius 3 is 2.61 bits per heavy atom. The van der Waals surface area contributed by atoms with Crippen LogP contribution in [0, 0.1) is 23.0 Å². The van der Waals surface area contributed by atoms with Crippen LogP contribution >= 0.6 is 0 Å². The third-order valence-electron chi connectivity index (χ3n) is 3.60. The minimum atomic E-state index is -0.774. The van der Waals surface area contributed by atoms with Gasteiger partial charge < -0.3 is 10.2 Å². The maximum atomic E-state index is 13.8. The minimum Gasteiger partial charge on any atom is -0.358 e. The highest BCUT2D eigenvalue weighted by atomic mass is 19.1. The van der Waals surface area contributed by atoms with Gasteiger partial charge in [-0.3, -0.25) is 4.79 Å². The van der Waals surface area contributed by atoms with Crippen LogP contribution in [0.3, 0.4) is 0 Å². The molecule has 0 aliphatic carbocycles. The number of hydrogen-bond acceptors (Lipinski definition) is 4. The van der Waals surface area contributed by atoms with Crippen molar-refractivity contribution in [1.29, 1.82) is 5.26 Å². The van der Waals surface area contributed by atoms with Crippen LogP contribution in [0.2, 0.25) is 0 Å². The molecule has 1 aliphatic heterocycles. The van der Waals surface area contributed by atoms with Crippen molar-refractivity contribution in [2.45, 2.75) is 12.5 Å². The van der Waals surface area contributed by atoms with E-state index < -0.39 is 23.6 Å². The predicted molar refractivity (Wildman–Crippen MR) is 79.7 cm³/mol. The van der Waals surface area contributed by atoms with Crippen LogP contribution in [0.1, 0.15) is 12.1 Å². The molecule has 2 aromatic rings. The van der Waals surface area contributed by atoms with Gasteiger partial charge in [-0.05, 0) is 30.7 Å². The molecule has 0 bridgehead atoms. The van der Waals surface area contributed by atoms with Gasteiger partial charge in [-0.2, -0.15) is 5.26 Å². The maximum Gasteiger partial charge on any atom is 0.249 e. The average molecular weight is 314 g/mol. The van der Waals surface area contributed by atoms with Gasteiger partial charge in [0.25, 0.3) is 0 Å². The average Bonchev–Trinajstić information content (AvgIpc) is 2.89. The van der Waals surface area contributed by atoms with Gasteiger partial charge in [0.15, 0.2) is 0 Å². The number of carbonyl (C=O) groups is 1. The summed E-state index contributed by atoms with van der Waals surface area (Å²) in [5, 5.41) is 11.7. The number of aromatic nitrogens is 1. The van der Waals surface area contributed by atoms with Crippen molar-refractivity contribution in [2.75, 3.05) is 16.8 Å². The Balaban J connectivity index is 1.80. The molecule has 3 rings (SSSR count). The molecule has 1 aromatic carbocycles. The fraction of sp³-hybridized carbons (Fsp3) is 0.188. The second-order valence-corrected chi connectivity index (χ2v) is 5.07. The van der Waals surface area contributed by atoms with Crippen molar-refractivity contribution in [3.63, 3.8) is 0 Å². The molecule has 0 spiro atoms. The molecule has 23 heavy (non-hydrogen) atoms. The number of para-hydroxylation sites is 1. The molecule has 1 saturated heterocycles. The summed E-state index contributed by atoms with van der Waals surface area (Å²) in [4.78, 5) is 17.5. The van der Waals surface area contributed by atoms with E-state index in [1.807, 2.05) is 6.07 Å². The summed E-state index contributed by atoms with van der Waals surface area (Å²) in [6.45, 7) is 0.201. The molecule has 1 N–H and O–H groups in total. The standard InChI is InChI=1S/C16H12F2N4O/c17-11-4-2-5-12(18)15(11)22-8-7-13(16(22)23)21-14-6-1-3-10(9-19)20-14/h1-6,13H,7-8H2,(H,20,21). The van der Waals surface area contributed by atoms with Gasteiger partial charge in [0.2, 0.25) is 5.91 Å². The predicted octanol–water partition coefficient (Wildman–Crippen LogP) is 2.45. The maximum absolute atomic E-state index is 13.8. The Labute approximate surface area is 131 Å². The largest absolute Gasteiger partial charge is 0.358 e. The SMILES string of the molecule is N#Cc1cccc(NC2CCN(c3c(F)cccc3F)C2=O)n1. The lowest BCUT2D eigenvalue weighted by Gasteiger charge is -2.18. The molecule has 1 amide bonds. The van der Waals surface area contributed by atoms with E-state index in [9.17, 15) is 13.6 Å². The Morgan fingerprint density at radius 2 is 1.91 bits per heavy atom. The van der Waals surface area contributed by atoms with Gasteiger partial charge in [-0.15, -0.1) is 0 Å². The topological polar surface area (TPSA) is 69.0 Å². The molecular weight excluding hydrogens is 302 g/mol. The van der Waals surface area contributed by atoms with Crippen molar-refractivity contribution in [1.82, 2.24) is 4.98 Å². The molecule has 7 heteroatoms. The number of carbonyl (C=O) groups excluding carboxylic acids is 1. The summed E-state index contributed by atoms with van der Waals surface area (Å²) in [5.74, 6) is -1.61. The molecule has 1 aromatic heterocycles. The second-order valence-electron chi connectivity index (χ2n) is 5.07. The van der Waals surface area contributed by atoms with Crippen LogP contribution < -0.4 is 10.2 Å². The van der Waals surface area contributed by atoms with Crippen LogP contribution in [0.25, 0.3) is 0 Å². The Morgan fingerprint density at radius 1 is 1.22 bits per heavy atom. The van der Waals surface area contributed by atoms with E-state index in [4.69, 9.17) is 5.26 Å². The molecule has 2 heterocycles. The van der Waals surface area contributed by atoms with Crippen molar-refractivity contribution in [2.24, 2.45) is 0 Å². The Kier molecular flexibility index (Phi) is 3.89. The van der Waals surface area contributed by atoms with Crippen LogP contribution in [-0.4, -0.2) is 23.5 Å². The first kappa shape index (κ1) is 14.9. The first-order valence-corrected chi connectivity index (χ1v) is 6.99. The number of anilines is 2. The Hall–Kier alpha value is -3.01. The molecule has 1 fully saturated rings. The van der Waals surface area contributed by atoms with E-state index in [0.29, 0.717) is 12.2 Å². The summed E-state index contributed by atoms with van der Waals surface area (Å²) < 4.78 is 27.7. The normalized spacial score (nSPS) is 17.2. The highest BCUT2D eigenvalue weighted by Gasteiger charge is 2.35. The number of pyridine rings is 1. The fourth-order valence-corrected chi connectivity index (χ4v) is 2.54. The monoisotopic (exact) mass is 314 g/mol. The summed E-state index contributed by atoms with van der Waals surface area (Å²) in [6, 6.07) is 9.56. The van der Waals surface area contributed by atoms with E-state index in [-0.39, 0.29) is 17.9 Å². The van der Waals surface area contributed by atoms with Gasteiger partial charge >= 0.3 is 0 Å². The number of nitriles is 1.